The molecule has 2 heterocycles. The highest BCUT2D eigenvalue weighted by Crippen LogP contribution is 2.14. The Balaban J connectivity index is 2.12. The van der Waals surface area contributed by atoms with Crippen molar-refractivity contribution in [3.05, 3.63) is 38.3 Å². The molecule has 0 atom stereocenters. The molecular formula is C12H17N3O4. The Hall–Kier alpha value is -1.73. The number of nitrogens with zero attached hydrogens (tertiary/aromatic N) is 3. The molecular weight excluding hydrogens is 250 g/mol. The summed E-state index contributed by atoms with van der Waals surface area (Å²) in [4.78, 5) is 24.4. The second-order valence-electron chi connectivity index (χ2n) is 4.50. The number of aromatic nitrogens is 1. The summed E-state index contributed by atoms with van der Waals surface area (Å²) in [6.07, 6.45) is 0. The van der Waals surface area contributed by atoms with Gasteiger partial charge in [0.25, 0.3) is 11.2 Å². The maximum atomic E-state index is 11.8. The minimum atomic E-state index is -0.458. The van der Waals surface area contributed by atoms with Crippen LogP contribution in [0.4, 0.5) is 5.69 Å². The van der Waals surface area contributed by atoms with Crippen molar-refractivity contribution in [3.8, 4) is 0 Å². The van der Waals surface area contributed by atoms with Crippen molar-refractivity contribution in [1.29, 1.82) is 0 Å². The minimum absolute atomic E-state index is 0.0124. The maximum Gasteiger partial charge on any atom is 0.288 e. The molecule has 0 aromatic carbocycles. The second kappa shape index (κ2) is 5.94. The summed E-state index contributed by atoms with van der Waals surface area (Å²) in [6.45, 7) is 5.84. The highest BCUT2D eigenvalue weighted by atomic mass is 16.6. The molecule has 1 saturated heterocycles. The van der Waals surface area contributed by atoms with Gasteiger partial charge in [-0.3, -0.25) is 19.8 Å². The summed E-state index contributed by atoms with van der Waals surface area (Å²) in [6, 6.07) is 2.52. The summed E-state index contributed by atoms with van der Waals surface area (Å²) in [5, 5.41) is 10.9. The Morgan fingerprint density at radius 2 is 2.00 bits per heavy atom. The number of ether oxygens (including phenoxy) is 1. The first kappa shape index (κ1) is 13.7. The molecule has 1 aromatic rings. The standard InChI is InChI=1S/C12H17N3O4/c1-10-11(15(17)18)2-3-12(16)14(10)5-4-13-6-8-19-9-7-13/h2-3H,4-9H2,1H3. The van der Waals surface area contributed by atoms with Crippen molar-refractivity contribution in [2.75, 3.05) is 32.8 Å². The lowest BCUT2D eigenvalue weighted by Gasteiger charge is -2.26. The summed E-state index contributed by atoms with van der Waals surface area (Å²) in [5.74, 6) is 0. The fourth-order valence-electron chi connectivity index (χ4n) is 2.20. The molecule has 0 spiro atoms. The Morgan fingerprint density at radius 3 is 2.63 bits per heavy atom. The first-order valence-electron chi connectivity index (χ1n) is 6.24. The average Bonchev–Trinajstić information content (AvgIpc) is 2.39. The van der Waals surface area contributed by atoms with Gasteiger partial charge in [-0.1, -0.05) is 0 Å². The molecule has 1 aliphatic rings. The van der Waals surface area contributed by atoms with Gasteiger partial charge in [0.05, 0.1) is 23.8 Å². The van der Waals surface area contributed by atoms with Crippen molar-refractivity contribution in [3.63, 3.8) is 0 Å². The topological polar surface area (TPSA) is 77.6 Å². The van der Waals surface area contributed by atoms with E-state index in [0.717, 1.165) is 13.1 Å². The molecule has 7 nitrogen and oxygen atoms in total. The molecule has 0 N–H and O–H groups in total. The van der Waals surface area contributed by atoms with Gasteiger partial charge in [-0.15, -0.1) is 0 Å². The van der Waals surface area contributed by atoms with Gasteiger partial charge in [-0.05, 0) is 6.92 Å². The van der Waals surface area contributed by atoms with Gasteiger partial charge in [-0.2, -0.15) is 0 Å². The minimum Gasteiger partial charge on any atom is -0.379 e. The summed E-state index contributed by atoms with van der Waals surface area (Å²) < 4.78 is 6.72. The lowest BCUT2D eigenvalue weighted by molar-refractivity contribution is -0.386. The summed E-state index contributed by atoms with van der Waals surface area (Å²) in [5.41, 5.74) is 0.198. The van der Waals surface area contributed by atoms with Gasteiger partial charge in [0, 0.05) is 38.3 Å². The van der Waals surface area contributed by atoms with Crippen LogP contribution < -0.4 is 5.56 Å². The summed E-state index contributed by atoms with van der Waals surface area (Å²) in [7, 11) is 0. The number of hydrogen-bond donors (Lipinski definition) is 0. The third kappa shape index (κ3) is 3.18. The molecule has 0 saturated carbocycles. The van der Waals surface area contributed by atoms with Crippen LogP contribution in [0.1, 0.15) is 5.69 Å². The van der Waals surface area contributed by atoms with Crippen molar-refractivity contribution >= 4 is 5.69 Å². The van der Waals surface area contributed by atoms with Crippen molar-refractivity contribution < 1.29 is 9.66 Å². The van der Waals surface area contributed by atoms with E-state index < -0.39 is 4.92 Å². The lowest BCUT2D eigenvalue weighted by atomic mass is 10.3. The largest absolute Gasteiger partial charge is 0.379 e. The number of hydrogen-bond acceptors (Lipinski definition) is 5. The Labute approximate surface area is 110 Å². The molecule has 7 heteroatoms. The third-order valence-corrected chi connectivity index (χ3v) is 3.37. The Bertz CT molecular complexity index is 520. The van der Waals surface area contributed by atoms with Crippen LogP contribution in [-0.2, 0) is 11.3 Å². The molecule has 2 rings (SSSR count). The molecule has 0 bridgehead atoms. The number of rotatable bonds is 4. The van der Waals surface area contributed by atoms with Crippen molar-refractivity contribution in [2.24, 2.45) is 0 Å². The van der Waals surface area contributed by atoms with E-state index >= 15 is 0 Å². The van der Waals surface area contributed by atoms with Gasteiger partial charge < -0.3 is 9.30 Å². The first-order chi connectivity index (χ1) is 9.09. The Morgan fingerprint density at radius 1 is 1.32 bits per heavy atom. The number of pyridine rings is 1. The second-order valence-corrected chi connectivity index (χ2v) is 4.50. The molecule has 0 aliphatic carbocycles. The van der Waals surface area contributed by atoms with Crippen molar-refractivity contribution in [1.82, 2.24) is 9.47 Å². The van der Waals surface area contributed by atoms with E-state index in [0.29, 0.717) is 32.0 Å². The third-order valence-electron chi connectivity index (χ3n) is 3.37. The normalized spacial score (nSPS) is 16.5. The van der Waals surface area contributed by atoms with Gasteiger partial charge in [0.15, 0.2) is 0 Å². The molecule has 1 aromatic heterocycles. The quantitative estimate of drug-likeness (QED) is 0.583. The van der Waals surface area contributed by atoms with E-state index in [1.807, 2.05) is 0 Å². The SMILES string of the molecule is Cc1c([N+](=O)[O-])ccc(=O)n1CCN1CCOCC1. The molecule has 19 heavy (non-hydrogen) atoms. The molecule has 104 valence electrons. The van der Waals surface area contributed by atoms with E-state index in [2.05, 4.69) is 4.90 Å². The van der Waals surface area contributed by atoms with Gasteiger partial charge >= 0.3 is 0 Å². The zero-order chi connectivity index (χ0) is 13.8. The van der Waals surface area contributed by atoms with Crippen LogP contribution in [0.2, 0.25) is 0 Å². The molecule has 1 fully saturated rings. The molecule has 0 unspecified atom stereocenters. The van der Waals surface area contributed by atoms with Gasteiger partial charge in [0.1, 0.15) is 0 Å². The predicted molar refractivity (Wildman–Crippen MR) is 69.4 cm³/mol. The van der Waals surface area contributed by atoms with Crippen LogP contribution in [0, 0.1) is 17.0 Å². The monoisotopic (exact) mass is 267 g/mol. The van der Waals surface area contributed by atoms with Crippen LogP contribution in [-0.4, -0.2) is 47.2 Å². The van der Waals surface area contributed by atoms with Crippen LogP contribution in [0.25, 0.3) is 0 Å². The smallest absolute Gasteiger partial charge is 0.288 e. The lowest BCUT2D eigenvalue weighted by Crippen LogP contribution is -2.39. The van der Waals surface area contributed by atoms with E-state index in [-0.39, 0.29) is 11.2 Å². The highest BCUT2D eigenvalue weighted by molar-refractivity contribution is 5.34. The Kier molecular flexibility index (Phi) is 4.28. The fraction of sp³-hybridized carbons (Fsp3) is 0.583. The fourth-order valence-corrected chi connectivity index (χ4v) is 2.20. The zero-order valence-electron chi connectivity index (χ0n) is 10.9. The maximum absolute atomic E-state index is 11.8. The van der Waals surface area contributed by atoms with Crippen LogP contribution in [0.3, 0.4) is 0 Å². The molecule has 0 amide bonds. The van der Waals surface area contributed by atoms with Gasteiger partial charge in [0.2, 0.25) is 0 Å². The predicted octanol–water partition coefficient (Wildman–Crippen LogP) is 0.397. The van der Waals surface area contributed by atoms with E-state index in [9.17, 15) is 14.9 Å². The number of morpholine rings is 1. The highest BCUT2D eigenvalue weighted by Gasteiger charge is 2.16. The van der Waals surface area contributed by atoms with Gasteiger partial charge in [-0.25, -0.2) is 0 Å². The van der Waals surface area contributed by atoms with Crippen LogP contribution in [0.15, 0.2) is 16.9 Å². The molecule has 0 radical (unpaired) electrons. The van der Waals surface area contributed by atoms with E-state index in [4.69, 9.17) is 4.74 Å². The van der Waals surface area contributed by atoms with Crippen LogP contribution in [0.5, 0.6) is 0 Å². The molecule has 1 aliphatic heterocycles. The van der Waals surface area contributed by atoms with E-state index in [1.165, 1.54) is 16.7 Å². The van der Waals surface area contributed by atoms with Crippen molar-refractivity contribution in [2.45, 2.75) is 13.5 Å². The van der Waals surface area contributed by atoms with Crippen LogP contribution >= 0.6 is 0 Å². The average molecular weight is 267 g/mol. The zero-order valence-corrected chi connectivity index (χ0v) is 10.9. The first-order valence-corrected chi connectivity index (χ1v) is 6.24. The summed E-state index contributed by atoms with van der Waals surface area (Å²) >= 11 is 0. The number of nitro groups is 1. The van der Waals surface area contributed by atoms with E-state index in [1.54, 1.807) is 6.92 Å².